The topological polar surface area (TPSA) is 92.7 Å². The van der Waals surface area contributed by atoms with E-state index in [9.17, 15) is 14.7 Å². The number of thiazole rings is 1. The van der Waals surface area contributed by atoms with Crippen LogP contribution in [0.25, 0.3) is 16.0 Å². The van der Waals surface area contributed by atoms with Crippen LogP contribution in [0, 0.1) is 6.92 Å². The molecule has 1 unspecified atom stereocenters. The van der Waals surface area contributed by atoms with Crippen molar-refractivity contribution in [3.05, 3.63) is 100 Å². The number of hydrogen-bond acceptors (Lipinski definition) is 6. The van der Waals surface area contributed by atoms with Gasteiger partial charge in [-0.15, -0.1) is 0 Å². The van der Waals surface area contributed by atoms with Crippen LogP contribution in [-0.4, -0.2) is 47.2 Å². The van der Waals surface area contributed by atoms with Gasteiger partial charge in [-0.2, -0.15) is 0 Å². The van der Waals surface area contributed by atoms with Gasteiger partial charge in [0.15, 0.2) is 10.7 Å². The van der Waals surface area contributed by atoms with Gasteiger partial charge in [-0.3, -0.25) is 14.0 Å². The number of imidazole rings is 2. The summed E-state index contributed by atoms with van der Waals surface area (Å²) in [6.45, 7) is 9.35. The summed E-state index contributed by atoms with van der Waals surface area (Å²) in [5, 5.41) is 11.2. The summed E-state index contributed by atoms with van der Waals surface area (Å²) in [5.41, 5.74) is 4.53. The Morgan fingerprint density at radius 1 is 1.07 bits per heavy atom. The number of carbonyl (C=O) groups is 2. The maximum absolute atomic E-state index is 14.2. The average Bonchev–Trinajstić information content (AvgIpc) is 3.69. The highest BCUT2D eigenvalue weighted by molar-refractivity contribution is 7.19. The van der Waals surface area contributed by atoms with Crippen molar-refractivity contribution in [1.82, 2.24) is 23.8 Å². The van der Waals surface area contributed by atoms with Crippen LogP contribution >= 0.6 is 11.3 Å². The molecule has 5 aromatic rings. The van der Waals surface area contributed by atoms with Gasteiger partial charge < -0.3 is 14.6 Å². The fourth-order valence-electron chi connectivity index (χ4n) is 5.47. The number of ketones is 1. The molecule has 8 nitrogen and oxygen atoms in total. The SMILES string of the molecule is Cc1c(C(=O)C2=C(O)C(=O)N(CCCn3ccnc3)C2c2ccc(C(C)(C)C)cc2)sc2nc3ccccc3n12. The Balaban J connectivity index is 1.40. The van der Waals surface area contributed by atoms with Crippen LogP contribution in [0.1, 0.15) is 59.7 Å². The maximum atomic E-state index is 14.2. The molecule has 4 heterocycles. The molecule has 0 fully saturated rings. The lowest BCUT2D eigenvalue weighted by molar-refractivity contribution is -0.129. The van der Waals surface area contributed by atoms with Crippen LogP contribution in [0.3, 0.4) is 0 Å². The fourth-order valence-corrected chi connectivity index (χ4v) is 6.56. The van der Waals surface area contributed by atoms with E-state index in [4.69, 9.17) is 4.98 Å². The largest absolute Gasteiger partial charge is 0.503 e. The lowest BCUT2D eigenvalue weighted by Gasteiger charge is -2.28. The quantitative estimate of drug-likeness (QED) is 0.249. The zero-order valence-electron chi connectivity index (χ0n) is 23.0. The number of Topliss-reactive ketones (excluding diaryl/α,β-unsaturated/α-hetero) is 1. The summed E-state index contributed by atoms with van der Waals surface area (Å²) in [5.74, 6) is -1.35. The zero-order chi connectivity index (χ0) is 28.2. The van der Waals surface area contributed by atoms with Crippen molar-refractivity contribution < 1.29 is 14.7 Å². The normalized spacial score (nSPS) is 16.1. The molecule has 3 aromatic heterocycles. The van der Waals surface area contributed by atoms with E-state index in [-0.39, 0.29) is 16.8 Å². The standard InChI is InChI=1S/C31H31N5O3S/c1-19-28(40-30-33-22-8-5-6-9-23(22)36(19)30)26(37)24-25(20-10-12-21(13-11-20)31(2,3)4)35(29(39)27(24)38)16-7-15-34-17-14-32-18-34/h5-6,8-14,17-18,25,38H,7,15-16H2,1-4H3. The average molecular weight is 554 g/mol. The predicted octanol–water partition coefficient (Wildman–Crippen LogP) is 6.02. The van der Waals surface area contributed by atoms with E-state index in [1.807, 2.05) is 70.6 Å². The number of amides is 1. The first-order chi connectivity index (χ1) is 19.1. The smallest absolute Gasteiger partial charge is 0.290 e. The number of para-hydroxylation sites is 2. The lowest BCUT2D eigenvalue weighted by Crippen LogP contribution is -2.32. The van der Waals surface area contributed by atoms with Crippen LogP contribution < -0.4 is 0 Å². The number of carbonyl (C=O) groups excluding carboxylic acids is 2. The molecule has 1 atom stereocenters. The first kappa shape index (κ1) is 26.0. The third-order valence-electron chi connectivity index (χ3n) is 7.61. The molecule has 0 spiro atoms. The van der Waals surface area contributed by atoms with Gasteiger partial charge in [0.05, 0.1) is 33.9 Å². The molecular formula is C31H31N5O3S. The molecule has 2 aromatic carbocycles. The van der Waals surface area contributed by atoms with Crippen LogP contribution in [0.2, 0.25) is 0 Å². The van der Waals surface area contributed by atoms with E-state index in [2.05, 4.69) is 25.8 Å². The minimum atomic E-state index is -0.692. The Kier molecular flexibility index (Phi) is 6.34. The molecule has 1 N–H and O–H groups in total. The number of fused-ring (bicyclic) bond motifs is 3. The summed E-state index contributed by atoms with van der Waals surface area (Å²) >= 11 is 1.29. The molecule has 1 amide bonds. The molecular weight excluding hydrogens is 522 g/mol. The first-order valence-corrected chi connectivity index (χ1v) is 14.2. The summed E-state index contributed by atoms with van der Waals surface area (Å²) in [7, 11) is 0. The second-order valence-corrected chi connectivity index (χ2v) is 12.2. The number of hydrogen-bond donors (Lipinski definition) is 1. The molecule has 0 bridgehead atoms. The van der Waals surface area contributed by atoms with Crippen LogP contribution in [0.15, 0.2) is 78.6 Å². The number of aromatic nitrogens is 4. The van der Waals surface area contributed by atoms with Crippen molar-refractivity contribution in [2.24, 2.45) is 0 Å². The Morgan fingerprint density at radius 2 is 1.82 bits per heavy atom. The minimum Gasteiger partial charge on any atom is -0.503 e. The van der Waals surface area contributed by atoms with Crippen molar-refractivity contribution >= 4 is 39.0 Å². The third kappa shape index (κ3) is 4.30. The summed E-state index contributed by atoms with van der Waals surface area (Å²) in [6, 6.07) is 15.1. The Bertz CT molecular complexity index is 1770. The first-order valence-electron chi connectivity index (χ1n) is 13.4. The summed E-state index contributed by atoms with van der Waals surface area (Å²) in [6.07, 6.45) is 5.97. The zero-order valence-corrected chi connectivity index (χ0v) is 23.8. The molecule has 9 heteroatoms. The maximum Gasteiger partial charge on any atom is 0.290 e. The Morgan fingerprint density at radius 3 is 2.52 bits per heavy atom. The molecule has 1 aliphatic heterocycles. The van der Waals surface area contributed by atoms with E-state index in [1.165, 1.54) is 11.3 Å². The van der Waals surface area contributed by atoms with Crippen molar-refractivity contribution in [2.45, 2.75) is 52.1 Å². The van der Waals surface area contributed by atoms with Gasteiger partial charge in [-0.1, -0.05) is 68.5 Å². The molecule has 0 saturated heterocycles. The number of aliphatic hydroxyl groups excluding tert-OH is 1. The predicted molar refractivity (Wildman–Crippen MR) is 156 cm³/mol. The molecule has 1 aliphatic rings. The number of benzene rings is 2. The number of nitrogens with zero attached hydrogens (tertiary/aromatic N) is 5. The Hall–Kier alpha value is -4.24. The molecule has 204 valence electrons. The summed E-state index contributed by atoms with van der Waals surface area (Å²) < 4.78 is 3.92. The van der Waals surface area contributed by atoms with Crippen molar-refractivity contribution in [3.63, 3.8) is 0 Å². The van der Waals surface area contributed by atoms with Crippen molar-refractivity contribution in [3.8, 4) is 0 Å². The van der Waals surface area contributed by atoms with Gasteiger partial charge in [-0.25, -0.2) is 9.97 Å². The third-order valence-corrected chi connectivity index (χ3v) is 8.75. The van der Waals surface area contributed by atoms with Crippen LogP contribution in [0.4, 0.5) is 0 Å². The van der Waals surface area contributed by atoms with E-state index >= 15 is 0 Å². The van der Waals surface area contributed by atoms with E-state index in [1.54, 1.807) is 17.4 Å². The fraction of sp³-hybridized carbons (Fsp3) is 0.290. The monoisotopic (exact) mass is 553 g/mol. The van der Waals surface area contributed by atoms with Gasteiger partial charge in [0.2, 0.25) is 5.78 Å². The van der Waals surface area contributed by atoms with Crippen molar-refractivity contribution in [2.75, 3.05) is 6.54 Å². The van der Waals surface area contributed by atoms with Crippen LogP contribution in [0.5, 0.6) is 0 Å². The van der Waals surface area contributed by atoms with E-state index in [0.29, 0.717) is 29.3 Å². The summed E-state index contributed by atoms with van der Waals surface area (Å²) in [4.78, 5) is 39.2. The number of rotatable bonds is 7. The van der Waals surface area contributed by atoms with Gasteiger partial charge in [0.1, 0.15) is 0 Å². The second kappa shape index (κ2) is 9.75. The van der Waals surface area contributed by atoms with Gasteiger partial charge >= 0.3 is 0 Å². The molecule has 40 heavy (non-hydrogen) atoms. The molecule has 0 aliphatic carbocycles. The number of aryl methyl sites for hydroxylation is 2. The molecule has 6 rings (SSSR count). The van der Waals surface area contributed by atoms with E-state index in [0.717, 1.165) is 27.9 Å². The minimum absolute atomic E-state index is 0.0448. The molecule has 0 saturated carbocycles. The van der Waals surface area contributed by atoms with Gasteiger partial charge in [0.25, 0.3) is 5.91 Å². The highest BCUT2D eigenvalue weighted by atomic mass is 32.1. The van der Waals surface area contributed by atoms with Gasteiger partial charge in [0, 0.05) is 31.2 Å². The Labute approximate surface area is 236 Å². The number of aliphatic hydroxyl groups is 1. The second-order valence-electron chi connectivity index (χ2n) is 11.3. The molecule has 0 radical (unpaired) electrons. The highest BCUT2D eigenvalue weighted by Gasteiger charge is 2.44. The highest BCUT2D eigenvalue weighted by Crippen LogP contribution is 2.41. The van der Waals surface area contributed by atoms with Gasteiger partial charge in [-0.05, 0) is 42.0 Å². The van der Waals surface area contributed by atoms with Crippen molar-refractivity contribution in [1.29, 1.82) is 0 Å². The van der Waals surface area contributed by atoms with E-state index < -0.39 is 17.7 Å². The van der Waals surface area contributed by atoms with Crippen LogP contribution in [-0.2, 0) is 16.8 Å². The lowest BCUT2D eigenvalue weighted by atomic mass is 9.85.